The number of carbonyl (C=O) groups is 1. The standard InChI is InChI=1S/C13H10FNO3/c14-12-2-1-9(13(17)18)7-10(12)8-15-5-3-11(16)4-6-15/h1-7H,8H2,(H,17,18). The summed E-state index contributed by atoms with van der Waals surface area (Å²) >= 11 is 0. The lowest BCUT2D eigenvalue weighted by molar-refractivity contribution is 0.0696. The van der Waals surface area contributed by atoms with Crippen molar-refractivity contribution in [1.29, 1.82) is 0 Å². The van der Waals surface area contributed by atoms with Gasteiger partial charge in [-0.1, -0.05) is 0 Å². The molecule has 1 heterocycles. The molecule has 0 saturated heterocycles. The normalized spacial score (nSPS) is 10.3. The SMILES string of the molecule is O=C(O)c1ccc(F)c(Cn2ccc(=O)cc2)c1. The Balaban J connectivity index is 2.33. The molecule has 0 unspecified atom stereocenters. The van der Waals surface area contributed by atoms with Gasteiger partial charge >= 0.3 is 5.97 Å². The van der Waals surface area contributed by atoms with Crippen LogP contribution in [0.15, 0.2) is 47.5 Å². The molecule has 0 spiro atoms. The minimum Gasteiger partial charge on any atom is -0.478 e. The molecule has 0 atom stereocenters. The maximum Gasteiger partial charge on any atom is 0.335 e. The summed E-state index contributed by atoms with van der Waals surface area (Å²) in [7, 11) is 0. The first-order valence-corrected chi connectivity index (χ1v) is 5.24. The van der Waals surface area contributed by atoms with Crippen molar-refractivity contribution in [2.45, 2.75) is 6.54 Å². The van der Waals surface area contributed by atoms with E-state index in [2.05, 4.69) is 0 Å². The minimum absolute atomic E-state index is 0.0347. The number of pyridine rings is 1. The van der Waals surface area contributed by atoms with E-state index in [4.69, 9.17) is 5.11 Å². The van der Waals surface area contributed by atoms with Gasteiger partial charge in [-0.05, 0) is 18.2 Å². The van der Waals surface area contributed by atoms with Crippen molar-refractivity contribution in [3.63, 3.8) is 0 Å². The van der Waals surface area contributed by atoms with E-state index < -0.39 is 11.8 Å². The van der Waals surface area contributed by atoms with Crippen LogP contribution in [0.25, 0.3) is 0 Å². The highest BCUT2D eigenvalue weighted by Crippen LogP contribution is 2.12. The van der Waals surface area contributed by atoms with Crippen molar-refractivity contribution in [2.24, 2.45) is 0 Å². The monoisotopic (exact) mass is 247 g/mol. The number of aromatic nitrogens is 1. The predicted octanol–water partition coefficient (Wildman–Crippen LogP) is 1.73. The third kappa shape index (κ3) is 2.63. The van der Waals surface area contributed by atoms with Crippen LogP contribution >= 0.6 is 0 Å². The fourth-order valence-electron chi connectivity index (χ4n) is 1.57. The first-order chi connectivity index (χ1) is 8.56. The van der Waals surface area contributed by atoms with Crippen molar-refractivity contribution in [1.82, 2.24) is 4.57 Å². The molecular formula is C13H10FNO3. The molecular weight excluding hydrogens is 237 g/mol. The van der Waals surface area contributed by atoms with Gasteiger partial charge in [-0.15, -0.1) is 0 Å². The van der Waals surface area contributed by atoms with Gasteiger partial charge in [0.15, 0.2) is 5.43 Å². The predicted molar refractivity (Wildman–Crippen MR) is 63.2 cm³/mol. The second-order valence-corrected chi connectivity index (χ2v) is 3.82. The number of halogens is 1. The summed E-state index contributed by atoms with van der Waals surface area (Å²) in [5.74, 6) is -1.57. The molecule has 18 heavy (non-hydrogen) atoms. The number of carboxylic acid groups (broad SMARTS) is 1. The summed E-state index contributed by atoms with van der Waals surface area (Å²) < 4.78 is 15.1. The van der Waals surface area contributed by atoms with Crippen molar-refractivity contribution in [3.8, 4) is 0 Å². The highest BCUT2D eigenvalue weighted by Gasteiger charge is 2.08. The minimum atomic E-state index is -1.10. The van der Waals surface area contributed by atoms with Crippen LogP contribution in [0.3, 0.4) is 0 Å². The van der Waals surface area contributed by atoms with Gasteiger partial charge in [0.25, 0.3) is 0 Å². The van der Waals surface area contributed by atoms with Gasteiger partial charge < -0.3 is 9.67 Å². The highest BCUT2D eigenvalue weighted by atomic mass is 19.1. The average molecular weight is 247 g/mol. The Labute approximate surface area is 102 Å². The van der Waals surface area contributed by atoms with E-state index in [9.17, 15) is 14.0 Å². The maximum absolute atomic E-state index is 13.5. The lowest BCUT2D eigenvalue weighted by atomic mass is 10.1. The summed E-state index contributed by atoms with van der Waals surface area (Å²) in [4.78, 5) is 21.7. The van der Waals surface area contributed by atoms with Crippen molar-refractivity contribution in [2.75, 3.05) is 0 Å². The second-order valence-electron chi connectivity index (χ2n) is 3.82. The topological polar surface area (TPSA) is 59.3 Å². The Morgan fingerprint density at radius 3 is 2.50 bits per heavy atom. The Morgan fingerprint density at radius 1 is 1.22 bits per heavy atom. The van der Waals surface area contributed by atoms with Gasteiger partial charge in [-0.2, -0.15) is 0 Å². The highest BCUT2D eigenvalue weighted by molar-refractivity contribution is 5.87. The second kappa shape index (κ2) is 4.83. The van der Waals surface area contributed by atoms with Crippen LogP contribution < -0.4 is 5.43 Å². The zero-order chi connectivity index (χ0) is 13.1. The van der Waals surface area contributed by atoms with Crippen LogP contribution in [0, 0.1) is 5.82 Å². The van der Waals surface area contributed by atoms with Crippen molar-refractivity contribution < 1.29 is 14.3 Å². The van der Waals surface area contributed by atoms with Gasteiger partial charge in [-0.25, -0.2) is 9.18 Å². The Hall–Kier alpha value is -2.43. The smallest absolute Gasteiger partial charge is 0.335 e. The number of nitrogens with zero attached hydrogens (tertiary/aromatic N) is 1. The maximum atomic E-state index is 13.5. The molecule has 0 radical (unpaired) electrons. The Kier molecular flexibility index (Phi) is 3.23. The van der Waals surface area contributed by atoms with Crippen LogP contribution in [-0.2, 0) is 6.54 Å². The third-order valence-electron chi connectivity index (χ3n) is 2.51. The van der Waals surface area contributed by atoms with E-state index in [-0.39, 0.29) is 23.1 Å². The molecule has 0 aliphatic rings. The van der Waals surface area contributed by atoms with E-state index in [1.807, 2.05) is 0 Å². The summed E-state index contributed by atoms with van der Waals surface area (Å²) in [5.41, 5.74) is 0.164. The van der Waals surface area contributed by atoms with Gasteiger partial charge in [-0.3, -0.25) is 4.79 Å². The molecule has 2 rings (SSSR count). The molecule has 1 aromatic carbocycles. The zero-order valence-electron chi connectivity index (χ0n) is 9.34. The molecule has 1 aromatic heterocycles. The van der Waals surface area contributed by atoms with E-state index in [1.165, 1.54) is 36.7 Å². The average Bonchev–Trinajstić information content (AvgIpc) is 2.34. The molecule has 1 N–H and O–H groups in total. The third-order valence-corrected chi connectivity index (χ3v) is 2.51. The molecule has 4 nitrogen and oxygen atoms in total. The number of rotatable bonds is 3. The van der Waals surface area contributed by atoms with Crippen LogP contribution in [0.5, 0.6) is 0 Å². The van der Waals surface area contributed by atoms with E-state index in [0.717, 1.165) is 6.07 Å². The fourth-order valence-corrected chi connectivity index (χ4v) is 1.57. The molecule has 0 amide bonds. The molecule has 2 aromatic rings. The molecule has 0 fully saturated rings. The van der Waals surface area contributed by atoms with E-state index >= 15 is 0 Å². The largest absolute Gasteiger partial charge is 0.478 e. The first-order valence-electron chi connectivity index (χ1n) is 5.24. The number of hydrogen-bond acceptors (Lipinski definition) is 2. The number of hydrogen-bond donors (Lipinski definition) is 1. The summed E-state index contributed by atoms with van der Waals surface area (Å²) in [6.07, 6.45) is 3.05. The fraction of sp³-hybridized carbons (Fsp3) is 0.0769. The van der Waals surface area contributed by atoms with E-state index in [0.29, 0.717) is 0 Å². The van der Waals surface area contributed by atoms with Gasteiger partial charge in [0.05, 0.1) is 5.56 Å². The van der Waals surface area contributed by atoms with Crippen LogP contribution in [0.2, 0.25) is 0 Å². The van der Waals surface area contributed by atoms with Gasteiger partial charge in [0.1, 0.15) is 5.82 Å². The number of benzene rings is 1. The lowest BCUT2D eigenvalue weighted by Gasteiger charge is -2.07. The summed E-state index contributed by atoms with van der Waals surface area (Å²) in [6.45, 7) is 0.174. The van der Waals surface area contributed by atoms with Gasteiger partial charge in [0, 0.05) is 36.6 Å². The van der Waals surface area contributed by atoms with Crippen molar-refractivity contribution in [3.05, 3.63) is 69.9 Å². The Bertz CT molecular complexity index is 628. The Morgan fingerprint density at radius 2 is 1.89 bits per heavy atom. The molecule has 0 aliphatic heterocycles. The van der Waals surface area contributed by atoms with Crippen LogP contribution in [0.4, 0.5) is 4.39 Å². The number of aromatic carboxylic acids is 1. The molecule has 92 valence electrons. The van der Waals surface area contributed by atoms with E-state index in [1.54, 1.807) is 4.57 Å². The lowest BCUT2D eigenvalue weighted by Crippen LogP contribution is -2.07. The molecule has 0 aliphatic carbocycles. The first kappa shape index (κ1) is 12.0. The van der Waals surface area contributed by atoms with Crippen molar-refractivity contribution >= 4 is 5.97 Å². The summed E-state index contributed by atoms with van der Waals surface area (Å²) in [5, 5.41) is 8.83. The summed E-state index contributed by atoms with van der Waals surface area (Å²) in [6, 6.07) is 6.35. The number of carboxylic acids is 1. The van der Waals surface area contributed by atoms with Crippen LogP contribution in [-0.4, -0.2) is 15.6 Å². The molecule has 5 heteroatoms. The quantitative estimate of drug-likeness (QED) is 0.898. The molecule has 0 saturated carbocycles. The van der Waals surface area contributed by atoms with Gasteiger partial charge in [0.2, 0.25) is 0 Å². The zero-order valence-corrected chi connectivity index (χ0v) is 9.34. The molecule has 0 bridgehead atoms. The van der Waals surface area contributed by atoms with Crippen LogP contribution in [0.1, 0.15) is 15.9 Å².